The normalized spacial score (nSPS) is 10.6. The lowest BCUT2D eigenvalue weighted by Gasteiger charge is -2.17. The highest BCUT2D eigenvalue weighted by Crippen LogP contribution is 2.30. The summed E-state index contributed by atoms with van der Waals surface area (Å²) in [6.07, 6.45) is 0. The number of hydrogen-bond donors (Lipinski definition) is 1. The van der Waals surface area contributed by atoms with Crippen LogP contribution in [0.15, 0.2) is 35.0 Å². The summed E-state index contributed by atoms with van der Waals surface area (Å²) >= 11 is 8.88. The average Bonchev–Trinajstić information content (AvgIpc) is 3.30. The highest BCUT2D eigenvalue weighted by molar-refractivity contribution is 7.17. The number of anilines is 1. The van der Waals surface area contributed by atoms with Crippen LogP contribution in [-0.2, 0) is 4.79 Å². The van der Waals surface area contributed by atoms with Gasteiger partial charge in [0.25, 0.3) is 5.91 Å². The summed E-state index contributed by atoms with van der Waals surface area (Å²) in [4.78, 5) is 31.6. The van der Waals surface area contributed by atoms with E-state index in [0.29, 0.717) is 27.0 Å². The van der Waals surface area contributed by atoms with E-state index in [0.717, 1.165) is 10.6 Å². The van der Waals surface area contributed by atoms with Crippen LogP contribution in [0.25, 0.3) is 10.6 Å². The van der Waals surface area contributed by atoms with Crippen molar-refractivity contribution in [2.75, 3.05) is 26.0 Å². The average molecular weight is 436 g/mol. The Morgan fingerprint density at radius 2 is 2.11 bits per heavy atom. The number of carbonyl (C=O) groups is 2. The number of amides is 2. The van der Waals surface area contributed by atoms with Gasteiger partial charge in [0.05, 0.1) is 25.0 Å². The first kappa shape index (κ1) is 20.3. The van der Waals surface area contributed by atoms with Gasteiger partial charge < -0.3 is 15.0 Å². The lowest BCUT2D eigenvalue weighted by Crippen LogP contribution is -2.34. The Morgan fingerprint density at radius 3 is 2.79 bits per heavy atom. The molecule has 0 aliphatic rings. The zero-order valence-corrected chi connectivity index (χ0v) is 17.9. The molecule has 2 aromatic heterocycles. The van der Waals surface area contributed by atoms with Crippen LogP contribution in [0.2, 0.25) is 5.02 Å². The first-order valence-corrected chi connectivity index (χ1v) is 10.4. The molecule has 0 unspecified atom stereocenters. The van der Waals surface area contributed by atoms with Gasteiger partial charge in [0.15, 0.2) is 0 Å². The molecule has 0 saturated heterocycles. The van der Waals surface area contributed by atoms with Gasteiger partial charge in [-0.1, -0.05) is 11.6 Å². The van der Waals surface area contributed by atoms with Gasteiger partial charge in [0.1, 0.15) is 15.6 Å². The van der Waals surface area contributed by atoms with Crippen LogP contribution >= 0.6 is 34.3 Å². The van der Waals surface area contributed by atoms with Gasteiger partial charge >= 0.3 is 0 Å². The summed E-state index contributed by atoms with van der Waals surface area (Å²) in [5.41, 5.74) is 2.10. The predicted octanol–water partition coefficient (Wildman–Crippen LogP) is 4.55. The minimum absolute atomic E-state index is 0.111. The van der Waals surface area contributed by atoms with Gasteiger partial charge in [-0.15, -0.1) is 11.3 Å². The zero-order chi connectivity index (χ0) is 20.3. The standard InChI is InChI=1S/C19H18ClN3O3S2/c1-11-17(28-18(21-11)12-6-7-27-10-12)19(25)23(2)9-16(24)22-14-8-13(20)4-5-15(14)26-3/h4-8,10H,9H2,1-3H3,(H,22,24). The van der Waals surface area contributed by atoms with E-state index in [1.165, 1.54) is 23.3 Å². The van der Waals surface area contributed by atoms with Gasteiger partial charge in [-0.05, 0) is 36.6 Å². The maximum atomic E-state index is 12.8. The molecular weight excluding hydrogens is 418 g/mol. The number of nitrogens with one attached hydrogen (secondary N) is 1. The molecule has 0 aliphatic carbocycles. The number of rotatable bonds is 6. The second kappa shape index (κ2) is 8.72. The maximum absolute atomic E-state index is 12.8. The number of benzene rings is 1. The Kier molecular flexibility index (Phi) is 6.33. The lowest BCUT2D eigenvalue weighted by molar-refractivity contribution is -0.116. The van der Waals surface area contributed by atoms with E-state index in [2.05, 4.69) is 10.3 Å². The van der Waals surface area contributed by atoms with Gasteiger partial charge in [-0.25, -0.2) is 4.98 Å². The van der Waals surface area contributed by atoms with Gasteiger partial charge in [0, 0.05) is 23.0 Å². The SMILES string of the molecule is COc1ccc(Cl)cc1NC(=O)CN(C)C(=O)c1sc(-c2ccsc2)nc1C. The van der Waals surface area contributed by atoms with Crippen molar-refractivity contribution < 1.29 is 14.3 Å². The number of thiophene rings is 1. The van der Waals surface area contributed by atoms with Crippen molar-refractivity contribution >= 4 is 51.8 Å². The zero-order valence-electron chi connectivity index (χ0n) is 15.5. The smallest absolute Gasteiger partial charge is 0.266 e. The summed E-state index contributed by atoms with van der Waals surface area (Å²) in [6, 6.07) is 6.90. The number of aryl methyl sites for hydroxylation is 1. The van der Waals surface area contributed by atoms with Crippen molar-refractivity contribution in [2.45, 2.75) is 6.92 Å². The summed E-state index contributed by atoms with van der Waals surface area (Å²) in [5, 5.41) is 7.95. The maximum Gasteiger partial charge on any atom is 0.266 e. The van der Waals surface area contributed by atoms with Crippen LogP contribution in [0.5, 0.6) is 5.75 Å². The van der Waals surface area contributed by atoms with Crippen molar-refractivity contribution in [3.05, 3.63) is 50.6 Å². The van der Waals surface area contributed by atoms with E-state index in [1.807, 2.05) is 16.8 Å². The van der Waals surface area contributed by atoms with E-state index in [4.69, 9.17) is 16.3 Å². The molecule has 3 aromatic rings. The molecule has 0 radical (unpaired) electrons. The summed E-state index contributed by atoms with van der Waals surface area (Å²) in [5.74, 6) is -0.105. The Bertz CT molecular complexity index is 1000. The molecule has 0 aliphatic heterocycles. The number of halogens is 1. The Balaban J connectivity index is 1.69. The summed E-state index contributed by atoms with van der Waals surface area (Å²) in [6.45, 7) is 1.68. The molecular formula is C19H18ClN3O3S2. The minimum Gasteiger partial charge on any atom is -0.495 e. The number of aromatic nitrogens is 1. The third-order valence-corrected chi connectivity index (χ3v) is 6.03. The molecule has 9 heteroatoms. The third-order valence-electron chi connectivity index (χ3n) is 3.92. The quantitative estimate of drug-likeness (QED) is 0.616. The number of ether oxygens (including phenoxy) is 1. The van der Waals surface area contributed by atoms with E-state index in [9.17, 15) is 9.59 Å². The number of methoxy groups -OCH3 is 1. The van der Waals surface area contributed by atoms with Crippen molar-refractivity contribution in [2.24, 2.45) is 0 Å². The molecule has 2 heterocycles. The fraction of sp³-hybridized carbons (Fsp3) is 0.211. The fourth-order valence-electron chi connectivity index (χ4n) is 2.53. The Morgan fingerprint density at radius 1 is 1.32 bits per heavy atom. The topological polar surface area (TPSA) is 71.5 Å². The highest BCUT2D eigenvalue weighted by atomic mass is 35.5. The lowest BCUT2D eigenvalue weighted by atomic mass is 10.3. The Labute approximate surface area is 175 Å². The number of nitrogens with zero attached hydrogens (tertiary/aromatic N) is 2. The van der Waals surface area contributed by atoms with Crippen molar-refractivity contribution in [3.8, 4) is 16.3 Å². The molecule has 0 bridgehead atoms. The van der Waals surface area contributed by atoms with Crippen LogP contribution in [0, 0.1) is 6.92 Å². The first-order chi connectivity index (χ1) is 13.4. The Hall–Kier alpha value is -2.42. The van der Waals surface area contributed by atoms with Crippen molar-refractivity contribution in [1.29, 1.82) is 0 Å². The first-order valence-electron chi connectivity index (χ1n) is 8.28. The van der Waals surface area contributed by atoms with Crippen LogP contribution in [0.3, 0.4) is 0 Å². The van der Waals surface area contributed by atoms with Gasteiger partial charge in [-0.2, -0.15) is 11.3 Å². The number of likely N-dealkylation sites (N-methyl/N-ethyl adjacent to an activating group) is 1. The minimum atomic E-state index is -0.350. The summed E-state index contributed by atoms with van der Waals surface area (Å²) in [7, 11) is 3.09. The fourth-order valence-corrected chi connectivity index (χ4v) is 4.48. The molecule has 0 spiro atoms. The molecule has 146 valence electrons. The molecule has 1 N–H and O–H groups in total. The molecule has 0 fully saturated rings. The largest absolute Gasteiger partial charge is 0.495 e. The van der Waals surface area contributed by atoms with E-state index < -0.39 is 0 Å². The molecule has 28 heavy (non-hydrogen) atoms. The van der Waals surface area contributed by atoms with E-state index in [-0.39, 0.29) is 18.4 Å². The molecule has 0 atom stereocenters. The van der Waals surface area contributed by atoms with Gasteiger partial charge in [-0.3, -0.25) is 9.59 Å². The summed E-state index contributed by atoms with van der Waals surface area (Å²) < 4.78 is 5.22. The van der Waals surface area contributed by atoms with Crippen molar-refractivity contribution in [1.82, 2.24) is 9.88 Å². The van der Waals surface area contributed by atoms with E-state index in [1.54, 1.807) is 43.5 Å². The molecule has 2 amide bonds. The van der Waals surface area contributed by atoms with Crippen molar-refractivity contribution in [3.63, 3.8) is 0 Å². The molecule has 0 saturated carbocycles. The van der Waals surface area contributed by atoms with Crippen LogP contribution in [0.1, 0.15) is 15.4 Å². The molecule has 1 aromatic carbocycles. The number of thiazole rings is 1. The predicted molar refractivity (Wildman–Crippen MR) is 114 cm³/mol. The van der Waals surface area contributed by atoms with Crippen LogP contribution in [-0.4, -0.2) is 42.4 Å². The number of carbonyl (C=O) groups excluding carboxylic acids is 2. The van der Waals surface area contributed by atoms with Gasteiger partial charge in [0.2, 0.25) is 5.91 Å². The van der Waals surface area contributed by atoms with Crippen LogP contribution in [0.4, 0.5) is 5.69 Å². The van der Waals surface area contributed by atoms with Crippen LogP contribution < -0.4 is 10.1 Å². The number of hydrogen-bond acceptors (Lipinski definition) is 6. The third kappa shape index (κ3) is 4.52. The second-order valence-electron chi connectivity index (χ2n) is 6.00. The second-order valence-corrected chi connectivity index (χ2v) is 8.22. The monoisotopic (exact) mass is 435 g/mol. The highest BCUT2D eigenvalue weighted by Gasteiger charge is 2.22. The molecule has 6 nitrogen and oxygen atoms in total. The molecule has 3 rings (SSSR count). The van der Waals surface area contributed by atoms with E-state index >= 15 is 0 Å².